The minimum atomic E-state index is -1.22. The Morgan fingerprint density at radius 1 is 1.43 bits per heavy atom. The molecule has 114 valence electrons. The summed E-state index contributed by atoms with van der Waals surface area (Å²) in [5.74, 6) is -2.31. The molecule has 0 radical (unpaired) electrons. The lowest BCUT2D eigenvalue weighted by Crippen LogP contribution is -2.41. The SMILES string of the molecule is COC(=O)CC[C@@H](NC(=O)c1cc(Cl)ccc1I)C(=O)O. The van der Waals surface area contributed by atoms with E-state index in [0.29, 0.717) is 8.59 Å². The zero-order valence-corrected chi connectivity index (χ0v) is 14.0. The van der Waals surface area contributed by atoms with Gasteiger partial charge in [0, 0.05) is 15.0 Å². The summed E-state index contributed by atoms with van der Waals surface area (Å²) in [6, 6.07) is 3.57. The first-order valence-corrected chi connectivity index (χ1v) is 7.36. The monoisotopic (exact) mass is 425 g/mol. The van der Waals surface area contributed by atoms with Crippen molar-refractivity contribution < 1.29 is 24.2 Å². The Hall–Kier alpha value is -1.35. The Morgan fingerprint density at radius 2 is 2.10 bits per heavy atom. The summed E-state index contributed by atoms with van der Waals surface area (Å²) in [6.07, 6.45) is -0.148. The molecule has 1 amide bonds. The van der Waals surface area contributed by atoms with Gasteiger partial charge in [0.1, 0.15) is 6.04 Å². The van der Waals surface area contributed by atoms with Gasteiger partial charge >= 0.3 is 11.9 Å². The van der Waals surface area contributed by atoms with Crippen LogP contribution < -0.4 is 5.32 Å². The molecule has 0 bridgehead atoms. The van der Waals surface area contributed by atoms with E-state index in [1.54, 1.807) is 12.1 Å². The van der Waals surface area contributed by atoms with Gasteiger partial charge in [-0.3, -0.25) is 9.59 Å². The fourth-order valence-electron chi connectivity index (χ4n) is 1.53. The minimum absolute atomic E-state index is 0.0507. The number of halogens is 2. The Labute approximate surface area is 139 Å². The normalized spacial score (nSPS) is 11.6. The molecule has 0 aliphatic carbocycles. The smallest absolute Gasteiger partial charge is 0.326 e. The zero-order chi connectivity index (χ0) is 16.0. The number of amides is 1. The summed E-state index contributed by atoms with van der Waals surface area (Å²) in [5.41, 5.74) is 0.285. The number of carbonyl (C=O) groups excluding carboxylic acids is 2. The van der Waals surface area contributed by atoms with Crippen molar-refractivity contribution >= 4 is 52.0 Å². The van der Waals surface area contributed by atoms with Crippen molar-refractivity contribution in [2.24, 2.45) is 0 Å². The third kappa shape index (κ3) is 5.50. The number of nitrogens with one attached hydrogen (secondary N) is 1. The molecule has 0 saturated heterocycles. The minimum Gasteiger partial charge on any atom is -0.480 e. The number of hydrogen-bond acceptors (Lipinski definition) is 4. The van der Waals surface area contributed by atoms with E-state index in [4.69, 9.17) is 16.7 Å². The number of carboxylic acids is 1. The molecule has 6 nitrogen and oxygen atoms in total. The molecule has 0 fully saturated rings. The summed E-state index contributed by atoms with van der Waals surface area (Å²) < 4.78 is 5.09. The van der Waals surface area contributed by atoms with Crippen LogP contribution in [0.15, 0.2) is 18.2 Å². The van der Waals surface area contributed by atoms with E-state index < -0.39 is 23.9 Å². The number of carbonyl (C=O) groups is 3. The average molecular weight is 426 g/mol. The standard InChI is InChI=1S/C13H13ClINO5/c1-21-11(17)5-4-10(13(19)20)16-12(18)8-6-7(14)2-3-9(8)15/h2-3,6,10H,4-5H2,1H3,(H,16,18)(H,19,20)/t10-/m1/s1. The molecule has 1 rings (SSSR count). The van der Waals surface area contributed by atoms with Crippen LogP contribution in [0, 0.1) is 3.57 Å². The first kappa shape index (κ1) is 17.7. The largest absolute Gasteiger partial charge is 0.480 e. The molecular weight excluding hydrogens is 413 g/mol. The molecule has 1 aromatic carbocycles. The zero-order valence-electron chi connectivity index (χ0n) is 11.1. The van der Waals surface area contributed by atoms with Crippen LogP contribution in [0.4, 0.5) is 0 Å². The van der Waals surface area contributed by atoms with E-state index in [0.717, 1.165) is 0 Å². The second kappa shape index (κ2) is 8.18. The Morgan fingerprint density at radius 3 is 2.67 bits per heavy atom. The second-order valence-corrected chi connectivity index (χ2v) is 5.70. The number of methoxy groups -OCH3 is 1. The number of hydrogen-bond donors (Lipinski definition) is 2. The topological polar surface area (TPSA) is 92.7 Å². The van der Waals surface area contributed by atoms with Gasteiger partial charge in [-0.05, 0) is 47.2 Å². The Kier molecular flexibility index (Phi) is 6.90. The average Bonchev–Trinajstić information content (AvgIpc) is 2.44. The molecule has 0 spiro atoms. The molecule has 8 heteroatoms. The molecule has 1 aromatic rings. The molecule has 1 atom stereocenters. The van der Waals surface area contributed by atoms with Crippen molar-refractivity contribution in [1.82, 2.24) is 5.32 Å². The summed E-state index contributed by atoms with van der Waals surface area (Å²) >= 11 is 7.77. The molecule has 0 saturated carbocycles. The number of carboxylic acid groups (broad SMARTS) is 1. The Bertz CT molecular complexity index is 563. The predicted molar refractivity (Wildman–Crippen MR) is 84.3 cm³/mol. The summed E-state index contributed by atoms with van der Waals surface area (Å²) in [7, 11) is 1.21. The summed E-state index contributed by atoms with van der Waals surface area (Å²) in [5, 5.41) is 11.8. The molecule has 0 aliphatic heterocycles. The van der Waals surface area contributed by atoms with Gasteiger partial charge in [-0.2, -0.15) is 0 Å². The molecule has 0 aliphatic rings. The second-order valence-electron chi connectivity index (χ2n) is 4.10. The predicted octanol–water partition coefficient (Wildman–Crippen LogP) is 2.08. The number of aliphatic carboxylic acids is 1. The quantitative estimate of drug-likeness (QED) is 0.538. The highest BCUT2D eigenvalue weighted by molar-refractivity contribution is 14.1. The fourth-order valence-corrected chi connectivity index (χ4v) is 2.28. The van der Waals surface area contributed by atoms with E-state index >= 15 is 0 Å². The first-order chi connectivity index (χ1) is 9.85. The summed E-state index contributed by atoms with van der Waals surface area (Å²) in [6.45, 7) is 0. The van der Waals surface area contributed by atoms with Gasteiger partial charge in [0.2, 0.25) is 0 Å². The highest BCUT2D eigenvalue weighted by Gasteiger charge is 2.22. The van der Waals surface area contributed by atoms with E-state index in [1.807, 2.05) is 22.6 Å². The molecule has 2 N–H and O–H groups in total. The van der Waals surface area contributed by atoms with Crippen LogP contribution in [0.25, 0.3) is 0 Å². The highest BCUT2D eigenvalue weighted by atomic mass is 127. The van der Waals surface area contributed by atoms with Crippen LogP contribution in [-0.2, 0) is 14.3 Å². The van der Waals surface area contributed by atoms with E-state index in [1.165, 1.54) is 13.2 Å². The van der Waals surface area contributed by atoms with Crippen molar-refractivity contribution in [3.63, 3.8) is 0 Å². The van der Waals surface area contributed by atoms with Gasteiger partial charge in [-0.1, -0.05) is 11.6 Å². The van der Waals surface area contributed by atoms with Crippen molar-refractivity contribution in [3.8, 4) is 0 Å². The third-order valence-corrected chi connectivity index (χ3v) is 3.82. The van der Waals surface area contributed by atoms with Crippen molar-refractivity contribution in [2.45, 2.75) is 18.9 Å². The third-order valence-electron chi connectivity index (χ3n) is 2.64. The van der Waals surface area contributed by atoms with Gasteiger partial charge in [-0.25, -0.2) is 4.79 Å². The molecule has 0 heterocycles. The van der Waals surface area contributed by atoms with E-state index in [9.17, 15) is 14.4 Å². The lowest BCUT2D eigenvalue weighted by Gasteiger charge is -2.14. The van der Waals surface area contributed by atoms with Gasteiger partial charge in [-0.15, -0.1) is 0 Å². The lowest BCUT2D eigenvalue weighted by atomic mass is 10.1. The molecule has 0 unspecified atom stereocenters. The van der Waals surface area contributed by atoms with Crippen molar-refractivity contribution in [1.29, 1.82) is 0 Å². The number of rotatable bonds is 6. The number of ether oxygens (including phenoxy) is 1. The Balaban J connectivity index is 2.79. The fraction of sp³-hybridized carbons (Fsp3) is 0.308. The maximum Gasteiger partial charge on any atom is 0.326 e. The number of esters is 1. The van der Waals surface area contributed by atoms with Crippen LogP contribution in [-0.4, -0.2) is 36.1 Å². The van der Waals surface area contributed by atoms with Gasteiger partial charge in [0.15, 0.2) is 0 Å². The van der Waals surface area contributed by atoms with Gasteiger partial charge in [0.05, 0.1) is 12.7 Å². The van der Waals surface area contributed by atoms with Crippen LogP contribution in [0.1, 0.15) is 23.2 Å². The molecule has 0 aromatic heterocycles. The molecule has 21 heavy (non-hydrogen) atoms. The van der Waals surface area contributed by atoms with Crippen molar-refractivity contribution in [3.05, 3.63) is 32.4 Å². The van der Waals surface area contributed by atoms with E-state index in [2.05, 4.69) is 10.1 Å². The number of benzene rings is 1. The van der Waals surface area contributed by atoms with E-state index in [-0.39, 0.29) is 18.4 Å². The molecular formula is C13H13ClINO5. The first-order valence-electron chi connectivity index (χ1n) is 5.90. The van der Waals surface area contributed by atoms with Crippen molar-refractivity contribution in [2.75, 3.05) is 7.11 Å². The van der Waals surface area contributed by atoms with Crippen LogP contribution >= 0.6 is 34.2 Å². The van der Waals surface area contributed by atoms with Gasteiger partial charge < -0.3 is 15.2 Å². The maximum absolute atomic E-state index is 12.1. The van der Waals surface area contributed by atoms with Gasteiger partial charge in [0.25, 0.3) is 5.91 Å². The maximum atomic E-state index is 12.1. The lowest BCUT2D eigenvalue weighted by molar-refractivity contribution is -0.142. The summed E-state index contributed by atoms with van der Waals surface area (Å²) in [4.78, 5) is 34.3. The van der Waals surface area contributed by atoms with Crippen LogP contribution in [0.2, 0.25) is 5.02 Å². The van der Waals surface area contributed by atoms with Crippen LogP contribution in [0.3, 0.4) is 0 Å². The van der Waals surface area contributed by atoms with Crippen LogP contribution in [0.5, 0.6) is 0 Å². The highest BCUT2D eigenvalue weighted by Crippen LogP contribution is 2.18.